The van der Waals surface area contributed by atoms with Gasteiger partial charge in [-0.25, -0.2) is 0 Å². The first-order valence-corrected chi connectivity index (χ1v) is 7.51. The van der Waals surface area contributed by atoms with Crippen LogP contribution in [0.4, 0.5) is 0 Å². The smallest absolute Gasteiger partial charge is 0.231 e. The van der Waals surface area contributed by atoms with Crippen LogP contribution in [-0.2, 0) is 0 Å². The topological polar surface area (TPSA) is 21.7 Å². The SMILES string of the molecule is C=C(/C=C/C=C/c1ccc2c(c1)OCO2)N1CCCCC1. The van der Waals surface area contributed by atoms with Crippen LogP contribution in [0, 0.1) is 0 Å². The molecule has 2 aliphatic rings. The van der Waals surface area contributed by atoms with Gasteiger partial charge in [-0.05, 0) is 43.0 Å². The zero-order valence-electron chi connectivity index (χ0n) is 12.3. The molecule has 1 saturated heterocycles. The fourth-order valence-electron chi connectivity index (χ4n) is 2.64. The molecule has 110 valence electrons. The van der Waals surface area contributed by atoms with E-state index in [-0.39, 0.29) is 0 Å². The number of rotatable bonds is 4. The minimum absolute atomic E-state index is 0.318. The Morgan fingerprint density at radius 3 is 2.71 bits per heavy atom. The molecule has 1 aromatic rings. The molecule has 0 saturated carbocycles. The summed E-state index contributed by atoms with van der Waals surface area (Å²) in [5.41, 5.74) is 2.21. The highest BCUT2D eigenvalue weighted by atomic mass is 16.7. The van der Waals surface area contributed by atoms with Crippen molar-refractivity contribution >= 4 is 6.08 Å². The zero-order valence-corrected chi connectivity index (χ0v) is 12.3. The summed E-state index contributed by atoms with van der Waals surface area (Å²) in [6, 6.07) is 5.96. The van der Waals surface area contributed by atoms with Gasteiger partial charge in [0, 0.05) is 18.8 Å². The Labute approximate surface area is 126 Å². The molecule has 1 aromatic carbocycles. The summed E-state index contributed by atoms with van der Waals surface area (Å²) in [6.45, 7) is 6.72. The van der Waals surface area contributed by atoms with Gasteiger partial charge in [0.25, 0.3) is 0 Å². The molecule has 0 unspecified atom stereocenters. The number of piperidine rings is 1. The van der Waals surface area contributed by atoms with Gasteiger partial charge in [-0.3, -0.25) is 0 Å². The van der Waals surface area contributed by atoms with Crippen molar-refractivity contribution in [1.29, 1.82) is 0 Å². The molecule has 2 heterocycles. The van der Waals surface area contributed by atoms with Gasteiger partial charge in [-0.1, -0.05) is 30.9 Å². The van der Waals surface area contributed by atoms with Crippen LogP contribution >= 0.6 is 0 Å². The predicted octanol–water partition coefficient (Wildman–Crippen LogP) is 3.98. The molecule has 0 bridgehead atoms. The quantitative estimate of drug-likeness (QED) is 0.780. The van der Waals surface area contributed by atoms with Gasteiger partial charge >= 0.3 is 0 Å². The lowest BCUT2D eigenvalue weighted by molar-refractivity contribution is 0.174. The Kier molecular flexibility index (Phi) is 4.29. The van der Waals surface area contributed by atoms with Gasteiger partial charge in [0.1, 0.15) is 0 Å². The van der Waals surface area contributed by atoms with Gasteiger partial charge in [0.05, 0.1) is 0 Å². The van der Waals surface area contributed by atoms with E-state index in [4.69, 9.17) is 9.47 Å². The van der Waals surface area contributed by atoms with Crippen LogP contribution in [0.5, 0.6) is 11.5 Å². The summed E-state index contributed by atoms with van der Waals surface area (Å²) in [7, 11) is 0. The Morgan fingerprint density at radius 1 is 1.05 bits per heavy atom. The molecule has 0 atom stereocenters. The van der Waals surface area contributed by atoms with Gasteiger partial charge in [0.15, 0.2) is 11.5 Å². The number of benzene rings is 1. The van der Waals surface area contributed by atoms with Gasteiger partial charge in [-0.2, -0.15) is 0 Å². The Balaban J connectivity index is 1.56. The highest BCUT2D eigenvalue weighted by Crippen LogP contribution is 2.32. The first kappa shape index (κ1) is 13.8. The summed E-state index contributed by atoms with van der Waals surface area (Å²) in [5.74, 6) is 1.64. The minimum atomic E-state index is 0.318. The maximum atomic E-state index is 5.37. The van der Waals surface area contributed by atoms with E-state index in [0.29, 0.717) is 6.79 Å². The van der Waals surface area contributed by atoms with Gasteiger partial charge in [-0.15, -0.1) is 0 Å². The standard InChI is InChI=1S/C18H21NO2/c1-15(19-11-5-2-6-12-19)7-3-4-8-16-9-10-17-18(13-16)21-14-20-17/h3-4,7-10,13H,1-2,5-6,11-12,14H2/b7-3+,8-4+. The third kappa shape index (κ3) is 3.48. The number of hydrogen-bond acceptors (Lipinski definition) is 3. The molecule has 3 heteroatoms. The van der Waals surface area contributed by atoms with Crippen LogP contribution in [0.1, 0.15) is 24.8 Å². The third-order valence-corrected chi connectivity index (χ3v) is 3.85. The largest absolute Gasteiger partial charge is 0.454 e. The summed E-state index contributed by atoms with van der Waals surface area (Å²) in [6.07, 6.45) is 12.1. The van der Waals surface area contributed by atoms with Gasteiger partial charge < -0.3 is 14.4 Å². The highest BCUT2D eigenvalue weighted by Gasteiger charge is 2.12. The molecule has 0 spiro atoms. The van der Waals surface area contributed by atoms with Crippen LogP contribution in [0.25, 0.3) is 6.08 Å². The number of hydrogen-bond donors (Lipinski definition) is 0. The van der Waals surface area contributed by atoms with Crippen LogP contribution in [-0.4, -0.2) is 24.8 Å². The number of nitrogens with zero attached hydrogens (tertiary/aromatic N) is 1. The minimum Gasteiger partial charge on any atom is -0.454 e. The first-order chi connectivity index (χ1) is 10.3. The lowest BCUT2D eigenvalue weighted by Crippen LogP contribution is -2.27. The van der Waals surface area contributed by atoms with Crippen molar-refractivity contribution in [3.8, 4) is 11.5 Å². The summed E-state index contributed by atoms with van der Waals surface area (Å²) in [4.78, 5) is 2.36. The third-order valence-electron chi connectivity index (χ3n) is 3.85. The maximum absolute atomic E-state index is 5.37. The fourth-order valence-corrected chi connectivity index (χ4v) is 2.64. The molecule has 0 aromatic heterocycles. The van der Waals surface area contributed by atoms with E-state index in [2.05, 4.69) is 23.6 Å². The van der Waals surface area contributed by atoms with Crippen molar-refractivity contribution in [2.75, 3.05) is 19.9 Å². The van der Waals surface area contributed by atoms with Crippen molar-refractivity contribution in [3.05, 3.63) is 54.3 Å². The Bertz CT molecular complexity index is 569. The highest BCUT2D eigenvalue weighted by molar-refractivity contribution is 5.57. The summed E-state index contributed by atoms with van der Waals surface area (Å²) in [5, 5.41) is 0. The number of likely N-dealkylation sites (tertiary alicyclic amines) is 1. The van der Waals surface area contributed by atoms with E-state index in [0.717, 1.165) is 35.8 Å². The average molecular weight is 283 g/mol. The van der Waals surface area contributed by atoms with E-state index in [9.17, 15) is 0 Å². The van der Waals surface area contributed by atoms with Gasteiger partial charge in [0.2, 0.25) is 6.79 Å². The molecule has 21 heavy (non-hydrogen) atoms. The molecular weight excluding hydrogens is 262 g/mol. The van der Waals surface area contributed by atoms with Crippen molar-refractivity contribution in [3.63, 3.8) is 0 Å². The van der Waals surface area contributed by atoms with E-state index < -0.39 is 0 Å². The molecule has 2 aliphatic heterocycles. The van der Waals surface area contributed by atoms with Crippen molar-refractivity contribution in [2.45, 2.75) is 19.3 Å². The van der Waals surface area contributed by atoms with Crippen molar-refractivity contribution in [1.82, 2.24) is 4.90 Å². The summed E-state index contributed by atoms with van der Waals surface area (Å²) >= 11 is 0. The lowest BCUT2D eigenvalue weighted by Gasteiger charge is -2.28. The molecule has 0 amide bonds. The second-order valence-electron chi connectivity index (χ2n) is 5.37. The van der Waals surface area contributed by atoms with Crippen LogP contribution < -0.4 is 9.47 Å². The van der Waals surface area contributed by atoms with Crippen molar-refractivity contribution in [2.24, 2.45) is 0 Å². The van der Waals surface area contributed by atoms with E-state index in [1.165, 1.54) is 19.3 Å². The molecule has 1 fully saturated rings. The first-order valence-electron chi connectivity index (χ1n) is 7.51. The van der Waals surface area contributed by atoms with Crippen LogP contribution in [0.15, 0.2) is 48.7 Å². The molecule has 3 rings (SSSR count). The Hall–Kier alpha value is -2.16. The van der Waals surface area contributed by atoms with E-state index >= 15 is 0 Å². The molecule has 0 radical (unpaired) electrons. The van der Waals surface area contributed by atoms with Crippen molar-refractivity contribution < 1.29 is 9.47 Å². The molecule has 3 nitrogen and oxygen atoms in total. The average Bonchev–Trinajstić information content (AvgIpc) is 3.00. The summed E-state index contributed by atoms with van der Waals surface area (Å²) < 4.78 is 10.7. The predicted molar refractivity (Wildman–Crippen MR) is 85.3 cm³/mol. The van der Waals surface area contributed by atoms with E-state index in [1.807, 2.05) is 30.4 Å². The normalized spacial score (nSPS) is 17.8. The van der Waals surface area contributed by atoms with Crippen LogP contribution in [0.2, 0.25) is 0 Å². The fraction of sp³-hybridized carbons (Fsp3) is 0.333. The number of fused-ring (bicyclic) bond motifs is 1. The molecule has 0 N–H and O–H groups in total. The zero-order chi connectivity index (χ0) is 14.5. The van der Waals surface area contributed by atoms with E-state index in [1.54, 1.807) is 0 Å². The second kappa shape index (κ2) is 6.53. The number of allylic oxidation sites excluding steroid dienone is 3. The maximum Gasteiger partial charge on any atom is 0.231 e. The number of ether oxygens (including phenoxy) is 2. The monoisotopic (exact) mass is 283 g/mol. The lowest BCUT2D eigenvalue weighted by atomic mass is 10.1. The molecule has 0 aliphatic carbocycles. The molecular formula is C18H21NO2. The Morgan fingerprint density at radius 2 is 1.86 bits per heavy atom. The second-order valence-corrected chi connectivity index (χ2v) is 5.37. The van der Waals surface area contributed by atoms with Crippen LogP contribution in [0.3, 0.4) is 0 Å².